The highest BCUT2D eigenvalue weighted by atomic mass is 35.5. The van der Waals surface area contributed by atoms with Gasteiger partial charge in [-0.15, -0.1) is 0 Å². The molecule has 4 nitrogen and oxygen atoms in total. The SMILES string of the molecule is CC(N)CCCc1nc(Cc2ccc(F)cc2Cl)no1. The fourth-order valence-electron chi connectivity index (χ4n) is 1.87. The number of hydrogen-bond donors (Lipinski definition) is 1. The van der Waals surface area contributed by atoms with Gasteiger partial charge in [-0.2, -0.15) is 4.98 Å². The summed E-state index contributed by atoms with van der Waals surface area (Å²) in [5.74, 6) is 0.789. The van der Waals surface area contributed by atoms with Crippen LogP contribution in [-0.2, 0) is 12.8 Å². The van der Waals surface area contributed by atoms with Gasteiger partial charge in [0.25, 0.3) is 0 Å². The molecule has 0 bridgehead atoms. The molecule has 2 N–H and O–H groups in total. The fraction of sp³-hybridized carbons (Fsp3) is 0.429. The lowest BCUT2D eigenvalue weighted by Gasteiger charge is -2.01. The summed E-state index contributed by atoms with van der Waals surface area (Å²) in [7, 11) is 0. The molecule has 20 heavy (non-hydrogen) atoms. The minimum absolute atomic E-state index is 0.176. The summed E-state index contributed by atoms with van der Waals surface area (Å²) >= 11 is 5.96. The van der Waals surface area contributed by atoms with E-state index in [2.05, 4.69) is 10.1 Å². The Morgan fingerprint density at radius 1 is 1.45 bits per heavy atom. The van der Waals surface area contributed by atoms with Gasteiger partial charge in [-0.1, -0.05) is 22.8 Å². The van der Waals surface area contributed by atoms with Crippen molar-refractivity contribution in [3.8, 4) is 0 Å². The zero-order valence-corrected chi connectivity index (χ0v) is 12.0. The molecule has 0 fully saturated rings. The molecule has 1 unspecified atom stereocenters. The molecule has 1 aromatic carbocycles. The quantitative estimate of drug-likeness (QED) is 0.889. The summed E-state index contributed by atoms with van der Waals surface area (Å²) in [5, 5.41) is 4.27. The van der Waals surface area contributed by atoms with Crippen LogP contribution in [0.5, 0.6) is 0 Å². The predicted molar refractivity (Wildman–Crippen MR) is 75.1 cm³/mol. The van der Waals surface area contributed by atoms with Gasteiger partial charge >= 0.3 is 0 Å². The van der Waals surface area contributed by atoms with Gasteiger partial charge in [0.2, 0.25) is 5.89 Å². The molecule has 1 aromatic heterocycles. The number of halogens is 2. The Kier molecular flexibility index (Phi) is 5.09. The second kappa shape index (κ2) is 6.81. The molecule has 0 saturated heterocycles. The van der Waals surface area contributed by atoms with E-state index < -0.39 is 0 Å². The maximum absolute atomic E-state index is 13.0. The molecular weight excluding hydrogens is 281 g/mol. The third-order valence-electron chi connectivity index (χ3n) is 2.92. The van der Waals surface area contributed by atoms with Crippen LogP contribution in [0.1, 0.15) is 37.0 Å². The van der Waals surface area contributed by atoms with E-state index in [-0.39, 0.29) is 11.9 Å². The number of hydrogen-bond acceptors (Lipinski definition) is 4. The highest BCUT2D eigenvalue weighted by Crippen LogP contribution is 2.19. The van der Waals surface area contributed by atoms with Crippen LogP contribution in [0, 0.1) is 5.82 Å². The molecule has 0 saturated carbocycles. The fourth-order valence-corrected chi connectivity index (χ4v) is 2.11. The summed E-state index contributed by atoms with van der Waals surface area (Å²) in [5.41, 5.74) is 6.45. The molecule has 108 valence electrons. The average molecular weight is 298 g/mol. The third kappa shape index (κ3) is 4.28. The Morgan fingerprint density at radius 3 is 2.95 bits per heavy atom. The zero-order chi connectivity index (χ0) is 14.5. The minimum Gasteiger partial charge on any atom is -0.339 e. The number of aryl methyl sites for hydroxylation is 1. The van der Waals surface area contributed by atoms with Crippen molar-refractivity contribution in [1.82, 2.24) is 10.1 Å². The van der Waals surface area contributed by atoms with Crippen LogP contribution in [0.25, 0.3) is 0 Å². The van der Waals surface area contributed by atoms with E-state index in [1.54, 1.807) is 6.07 Å². The molecule has 0 aliphatic rings. The van der Waals surface area contributed by atoms with Crippen LogP contribution >= 0.6 is 11.6 Å². The van der Waals surface area contributed by atoms with Gasteiger partial charge in [-0.3, -0.25) is 0 Å². The van der Waals surface area contributed by atoms with Crippen LogP contribution in [0.2, 0.25) is 5.02 Å². The van der Waals surface area contributed by atoms with E-state index in [4.69, 9.17) is 21.9 Å². The van der Waals surface area contributed by atoms with Crippen molar-refractivity contribution in [2.24, 2.45) is 5.73 Å². The molecular formula is C14H17ClFN3O. The van der Waals surface area contributed by atoms with Gasteiger partial charge < -0.3 is 10.3 Å². The molecule has 6 heteroatoms. The highest BCUT2D eigenvalue weighted by molar-refractivity contribution is 6.31. The van der Waals surface area contributed by atoms with Crippen molar-refractivity contribution < 1.29 is 8.91 Å². The van der Waals surface area contributed by atoms with Gasteiger partial charge in [0.05, 0.1) is 0 Å². The summed E-state index contributed by atoms with van der Waals surface area (Å²) in [4.78, 5) is 4.29. The maximum Gasteiger partial charge on any atom is 0.226 e. The Hall–Kier alpha value is -1.46. The van der Waals surface area contributed by atoms with Crippen molar-refractivity contribution >= 4 is 11.6 Å². The Labute approximate surface area is 122 Å². The smallest absolute Gasteiger partial charge is 0.226 e. The first-order valence-corrected chi connectivity index (χ1v) is 6.93. The molecule has 0 spiro atoms. The number of nitrogens with zero attached hydrogens (tertiary/aromatic N) is 2. The van der Waals surface area contributed by atoms with Crippen molar-refractivity contribution in [2.75, 3.05) is 0 Å². The average Bonchev–Trinajstić information content (AvgIpc) is 2.80. The van der Waals surface area contributed by atoms with Crippen LogP contribution in [0.3, 0.4) is 0 Å². The first-order valence-electron chi connectivity index (χ1n) is 6.55. The van der Waals surface area contributed by atoms with Crippen LogP contribution < -0.4 is 5.73 Å². The topological polar surface area (TPSA) is 64.9 Å². The van der Waals surface area contributed by atoms with Crippen molar-refractivity contribution in [1.29, 1.82) is 0 Å². The Morgan fingerprint density at radius 2 is 2.25 bits per heavy atom. The molecule has 0 radical (unpaired) electrons. The van der Waals surface area contributed by atoms with Crippen molar-refractivity contribution in [3.05, 3.63) is 46.3 Å². The molecule has 0 amide bonds. The Balaban J connectivity index is 1.95. The van der Waals surface area contributed by atoms with Crippen LogP contribution in [-0.4, -0.2) is 16.2 Å². The van der Waals surface area contributed by atoms with Crippen LogP contribution in [0.15, 0.2) is 22.7 Å². The molecule has 0 aliphatic carbocycles. The lowest BCUT2D eigenvalue weighted by atomic mass is 10.1. The minimum atomic E-state index is -0.358. The monoisotopic (exact) mass is 297 g/mol. The van der Waals surface area contributed by atoms with Gasteiger partial charge in [-0.05, 0) is 37.5 Å². The highest BCUT2D eigenvalue weighted by Gasteiger charge is 2.10. The summed E-state index contributed by atoms with van der Waals surface area (Å²) in [6.45, 7) is 1.97. The van der Waals surface area contributed by atoms with E-state index in [9.17, 15) is 4.39 Å². The van der Waals surface area contributed by atoms with Gasteiger partial charge in [-0.25, -0.2) is 4.39 Å². The normalized spacial score (nSPS) is 12.6. The van der Waals surface area contributed by atoms with Gasteiger partial charge in [0, 0.05) is 23.9 Å². The summed E-state index contributed by atoms with van der Waals surface area (Å²) in [6.07, 6.45) is 2.97. The number of nitrogens with two attached hydrogens (primary N) is 1. The molecule has 2 aromatic rings. The second-order valence-electron chi connectivity index (χ2n) is 4.89. The first-order chi connectivity index (χ1) is 9.54. The maximum atomic E-state index is 13.0. The standard InChI is InChI=1S/C14H17ClFN3O/c1-9(17)3-2-4-14-18-13(19-20-14)7-10-5-6-11(16)8-12(10)15/h5-6,8-9H,2-4,7,17H2,1H3. The van der Waals surface area contributed by atoms with Crippen molar-refractivity contribution in [2.45, 2.75) is 38.6 Å². The van der Waals surface area contributed by atoms with E-state index in [0.717, 1.165) is 18.4 Å². The largest absolute Gasteiger partial charge is 0.339 e. The van der Waals surface area contributed by atoms with E-state index in [0.29, 0.717) is 29.6 Å². The lowest BCUT2D eigenvalue weighted by molar-refractivity contribution is 0.368. The molecule has 1 atom stereocenters. The molecule has 2 rings (SSSR count). The van der Waals surface area contributed by atoms with E-state index in [1.165, 1.54) is 12.1 Å². The number of rotatable bonds is 6. The van der Waals surface area contributed by atoms with E-state index >= 15 is 0 Å². The molecule has 1 heterocycles. The van der Waals surface area contributed by atoms with Gasteiger partial charge in [0.1, 0.15) is 5.82 Å². The van der Waals surface area contributed by atoms with E-state index in [1.807, 2.05) is 6.92 Å². The van der Waals surface area contributed by atoms with Crippen LogP contribution in [0.4, 0.5) is 4.39 Å². The van der Waals surface area contributed by atoms with Gasteiger partial charge in [0.15, 0.2) is 5.82 Å². The first kappa shape index (κ1) is 14.9. The predicted octanol–water partition coefficient (Wildman–Crippen LogP) is 3.12. The molecule has 0 aliphatic heterocycles. The Bertz CT molecular complexity index is 571. The van der Waals surface area contributed by atoms with Crippen molar-refractivity contribution in [3.63, 3.8) is 0 Å². The summed E-state index contributed by atoms with van der Waals surface area (Å²) in [6, 6.07) is 4.45. The zero-order valence-electron chi connectivity index (χ0n) is 11.3. The number of aromatic nitrogens is 2. The second-order valence-corrected chi connectivity index (χ2v) is 5.29. The summed E-state index contributed by atoms with van der Waals surface area (Å²) < 4.78 is 18.1. The number of benzene rings is 1. The lowest BCUT2D eigenvalue weighted by Crippen LogP contribution is -2.14. The third-order valence-corrected chi connectivity index (χ3v) is 3.28.